The summed E-state index contributed by atoms with van der Waals surface area (Å²) >= 11 is 0. The summed E-state index contributed by atoms with van der Waals surface area (Å²) in [5.41, 5.74) is 0.601. The minimum absolute atomic E-state index is 0.0287. The fourth-order valence-corrected chi connectivity index (χ4v) is 3.03. The van der Waals surface area contributed by atoms with Crippen LogP contribution in [-0.4, -0.2) is 33.5 Å². The van der Waals surface area contributed by atoms with E-state index in [0.717, 1.165) is 25.0 Å². The van der Waals surface area contributed by atoms with Crippen LogP contribution in [0.4, 0.5) is 16.0 Å². The summed E-state index contributed by atoms with van der Waals surface area (Å²) in [5, 5.41) is 7.12. The van der Waals surface area contributed by atoms with Crippen LogP contribution in [0.3, 0.4) is 0 Å². The van der Waals surface area contributed by atoms with Crippen LogP contribution in [0, 0.1) is 17.7 Å². The number of hydrogen-bond donors (Lipinski definition) is 1. The number of aromatic nitrogens is 4. The molecule has 0 spiro atoms. The molecule has 0 bridgehead atoms. The second-order valence-electron chi connectivity index (χ2n) is 6.63. The lowest BCUT2D eigenvalue weighted by atomic mass is 9.83. The zero-order chi connectivity index (χ0) is 17.8. The number of nitrogens with zero attached hydrogens (tertiary/aromatic N) is 4. The van der Waals surface area contributed by atoms with Crippen LogP contribution in [0.5, 0.6) is 11.8 Å². The van der Waals surface area contributed by atoms with E-state index < -0.39 is 5.82 Å². The van der Waals surface area contributed by atoms with Crippen LogP contribution in [0.15, 0.2) is 12.4 Å². The van der Waals surface area contributed by atoms with E-state index in [9.17, 15) is 4.39 Å². The van der Waals surface area contributed by atoms with Crippen LogP contribution < -0.4 is 14.8 Å². The van der Waals surface area contributed by atoms with E-state index in [4.69, 9.17) is 9.47 Å². The maximum atomic E-state index is 14.0. The Morgan fingerprint density at radius 1 is 1.28 bits per heavy atom. The van der Waals surface area contributed by atoms with E-state index in [1.54, 1.807) is 17.9 Å². The molecule has 0 aliphatic heterocycles. The van der Waals surface area contributed by atoms with E-state index in [1.165, 1.54) is 20.0 Å². The molecule has 0 amide bonds. The van der Waals surface area contributed by atoms with Gasteiger partial charge in [0.1, 0.15) is 5.69 Å². The average Bonchev–Trinajstić information content (AvgIpc) is 2.96. The van der Waals surface area contributed by atoms with Crippen molar-refractivity contribution in [2.24, 2.45) is 18.9 Å². The van der Waals surface area contributed by atoms with Gasteiger partial charge in [-0.25, -0.2) is 4.98 Å². The maximum absolute atomic E-state index is 14.0. The third-order valence-corrected chi connectivity index (χ3v) is 4.54. The van der Waals surface area contributed by atoms with Crippen molar-refractivity contribution in [2.45, 2.75) is 32.6 Å². The summed E-state index contributed by atoms with van der Waals surface area (Å²) in [5.74, 6) is 1.29. The molecular formula is C17H24FN5O2. The quantitative estimate of drug-likeness (QED) is 0.862. The summed E-state index contributed by atoms with van der Waals surface area (Å²) in [6.07, 6.45) is 7.48. The van der Waals surface area contributed by atoms with Crippen molar-refractivity contribution in [1.29, 1.82) is 0 Å². The Labute approximate surface area is 146 Å². The van der Waals surface area contributed by atoms with Gasteiger partial charge < -0.3 is 14.8 Å². The minimum Gasteiger partial charge on any atom is -0.478 e. The van der Waals surface area contributed by atoms with Gasteiger partial charge >= 0.3 is 0 Å². The van der Waals surface area contributed by atoms with Crippen molar-refractivity contribution in [1.82, 2.24) is 19.7 Å². The van der Waals surface area contributed by atoms with Gasteiger partial charge in [-0.05, 0) is 24.7 Å². The van der Waals surface area contributed by atoms with Gasteiger partial charge in [-0.1, -0.05) is 19.8 Å². The van der Waals surface area contributed by atoms with Crippen molar-refractivity contribution < 1.29 is 13.9 Å². The van der Waals surface area contributed by atoms with Gasteiger partial charge in [0.25, 0.3) is 11.8 Å². The fraction of sp³-hybridized carbons (Fsp3) is 0.588. The lowest BCUT2D eigenvalue weighted by molar-refractivity contribution is 0.178. The third-order valence-electron chi connectivity index (χ3n) is 4.54. The summed E-state index contributed by atoms with van der Waals surface area (Å²) in [7, 11) is 3.30. The molecule has 2 heterocycles. The SMILES string of the molecule is COc1nn(C)cc1Nc1ncc(F)c(OC[C@H]2CC[C@H](C)CC2)n1. The molecule has 7 nitrogen and oxygen atoms in total. The monoisotopic (exact) mass is 349 g/mol. The van der Waals surface area contributed by atoms with Gasteiger partial charge in [-0.3, -0.25) is 4.68 Å². The molecule has 2 aromatic rings. The number of anilines is 2. The molecule has 0 atom stereocenters. The molecule has 25 heavy (non-hydrogen) atoms. The highest BCUT2D eigenvalue weighted by Gasteiger charge is 2.20. The van der Waals surface area contributed by atoms with Gasteiger partial charge in [0.15, 0.2) is 0 Å². The second-order valence-corrected chi connectivity index (χ2v) is 6.63. The summed E-state index contributed by atoms with van der Waals surface area (Å²) in [6, 6.07) is 0. The summed E-state index contributed by atoms with van der Waals surface area (Å²) in [4.78, 5) is 8.09. The fourth-order valence-electron chi connectivity index (χ4n) is 3.03. The molecule has 0 unspecified atom stereocenters. The Kier molecular flexibility index (Phi) is 5.35. The van der Waals surface area contributed by atoms with Gasteiger partial charge in [0, 0.05) is 7.05 Å². The number of nitrogens with one attached hydrogen (secondary N) is 1. The van der Waals surface area contributed by atoms with Gasteiger partial charge in [0.05, 0.1) is 26.1 Å². The van der Waals surface area contributed by atoms with Crippen LogP contribution in [0.1, 0.15) is 32.6 Å². The lowest BCUT2D eigenvalue weighted by Gasteiger charge is -2.25. The van der Waals surface area contributed by atoms with Crippen LogP contribution in [0.2, 0.25) is 0 Å². The molecule has 2 aromatic heterocycles. The van der Waals surface area contributed by atoms with Crippen LogP contribution in [0.25, 0.3) is 0 Å². The van der Waals surface area contributed by atoms with Gasteiger partial charge in [0.2, 0.25) is 11.8 Å². The zero-order valence-electron chi connectivity index (χ0n) is 14.8. The molecule has 1 aliphatic carbocycles. The highest BCUT2D eigenvalue weighted by Crippen LogP contribution is 2.29. The minimum atomic E-state index is -0.562. The number of hydrogen-bond acceptors (Lipinski definition) is 6. The first kappa shape index (κ1) is 17.4. The zero-order valence-corrected chi connectivity index (χ0v) is 14.8. The number of aryl methyl sites for hydroxylation is 1. The molecule has 1 fully saturated rings. The number of ether oxygens (including phenoxy) is 2. The number of methoxy groups -OCH3 is 1. The molecule has 0 radical (unpaired) electrons. The average molecular weight is 349 g/mol. The van der Waals surface area contributed by atoms with E-state index >= 15 is 0 Å². The van der Waals surface area contributed by atoms with Crippen molar-refractivity contribution in [3.63, 3.8) is 0 Å². The standard InChI is InChI=1S/C17H24FN5O2/c1-11-4-6-12(7-5-11)10-25-15-13(18)8-19-17(21-15)20-14-9-23(2)22-16(14)24-3/h8-9,11-12H,4-7,10H2,1-3H3,(H,19,20,21)/t11-,12-. The van der Waals surface area contributed by atoms with Crippen molar-refractivity contribution in [2.75, 3.05) is 19.0 Å². The Hall–Kier alpha value is -2.38. The van der Waals surface area contributed by atoms with E-state index in [-0.39, 0.29) is 11.8 Å². The third kappa shape index (κ3) is 4.37. The number of rotatable bonds is 6. The molecule has 8 heteroatoms. The molecule has 3 rings (SSSR count). The van der Waals surface area contributed by atoms with E-state index in [1.807, 2.05) is 0 Å². The smallest absolute Gasteiger partial charge is 0.256 e. The highest BCUT2D eigenvalue weighted by atomic mass is 19.1. The first-order chi connectivity index (χ1) is 12.0. The van der Waals surface area contributed by atoms with Crippen LogP contribution >= 0.6 is 0 Å². The second kappa shape index (κ2) is 7.67. The van der Waals surface area contributed by atoms with Crippen LogP contribution in [-0.2, 0) is 7.05 Å². The molecule has 0 saturated heterocycles. The first-order valence-electron chi connectivity index (χ1n) is 8.55. The molecule has 1 N–H and O–H groups in total. The normalized spacial score (nSPS) is 20.3. The molecule has 0 aromatic carbocycles. The molecular weight excluding hydrogens is 325 g/mol. The van der Waals surface area contributed by atoms with Crippen molar-refractivity contribution in [3.05, 3.63) is 18.2 Å². The Balaban J connectivity index is 1.65. The molecule has 1 saturated carbocycles. The van der Waals surface area contributed by atoms with Gasteiger partial charge in [-0.15, -0.1) is 5.10 Å². The van der Waals surface area contributed by atoms with Gasteiger partial charge in [-0.2, -0.15) is 9.37 Å². The molecule has 1 aliphatic rings. The highest BCUT2D eigenvalue weighted by molar-refractivity contribution is 5.58. The topological polar surface area (TPSA) is 74.1 Å². The summed E-state index contributed by atoms with van der Waals surface area (Å²) in [6.45, 7) is 2.75. The van der Waals surface area contributed by atoms with E-state index in [0.29, 0.717) is 24.1 Å². The predicted molar refractivity (Wildman–Crippen MR) is 91.6 cm³/mol. The lowest BCUT2D eigenvalue weighted by Crippen LogP contribution is -2.19. The predicted octanol–water partition coefficient (Wildman–Crippen LogP) is 3.31. The first-order valence-corrected chi connectivity index (χ1v) is 8.55. The Morgan fingerprint density at radius 3 is 2.76 bits per heavy atom. The Bertz CT molecular complexity index is 713. The van der Waals surface area contributed by atoms with Crippen molar-refractivity contribution >= 4 is 11.6 Å². The number of halogens is 1. The van der Waals surface area contributed by atoms with Crippen molar-refractivity contribution in [3.8, 4) is 11.8 Å². The Morgan fingerprint density at radius 2 is 2.04 bits per heavy atom. The van der Waals surface area contributed by atoms with E-state index in [2.05, 4.69) is 27.3 Å². The maximum Gasteiger partial charge on any atom is 0.256 e. The summed E-state index contributed by atoms with van der Waals surface area (Å²) < 4.78 is 26.4. The largest absolute Gasteiger partial charge is 0.478 e. The molecule has 136 valence electrons.